The number of nitrogens with zero attached hydrogens (tertiary/aromatic N) is 5. The van der Waals surface area contributed by atoms with Gasteiger partial charge in [0.1, 0.15) is 11.6 Å². The van der Waals surface area contributed by atoms with E-state index in [1.54, 1.807) is 18.3 Å². The molecule has 5 rings (SSSR count). The summed E-state index contributed by atoms with van der Waals surface area (Å²) in [5.74, 6) is 3.37. The fourth-order valence-electron chi connectivity index (χ4n) is 5.12. The maximum Gasteiger partial charge on any atom is 0.00391 e. The molecule has 0 spiro atoms. The smallest absolute Gasteiger partial charge is 0.00391 e. The van der Waals surface area contributed by atoms with Crippen LogP contribution in [0, 0.1) is 5.82 Å². The van der Waals surface area contributed by atoms with E-state index >= 15 is 0 Å². The van der Waals surface area contributed by atoms with Gasteiger partial charge in [0.25, 0.3) is 0 Å². The van der Waals surface area contributed by atoms with Crippen molar-refractivity contribution in [2.24, 2.45) is 0 Å². The fourth-order valence-corrected chi connectivity index (χ4v) is 5.57. The van der Waals surface area contributed by atoms with Crippen LogP contribution in [0.4, 0.5) is 21.8 Å². The molecule has 0 radical (unpaired) electrons. The van der Waals surface area contributed by atoms with Gasteiger partial charge in [-0.1, -0.05) is 0 Å². The summed E-state index contributed by atoms with van der Waals surface area (Å²) >= 11 is 0.0652. The SMILES string of the molecule is COc1cc(F)cc(Nc2ncc3c(n2)CN([C@@H]2CCN(C(=O)c4ccnc([NH][Al+][CH3])c4)[C@H](C)C2)C3)c1. The molecule has 9 nitrogen and oxygen atoms in total. The first kappa shape index (κ1) is 25.4. The molecule has 2 aromatic heterocycles. The number of nitrogens with one attached hydrogen (secondary N) is 2. The summed E-state index contributed by atoms with van der Waals surface area (Å²) in [6.07, 6.45) is 5.34. The van der Waals surface area contributed by atoms with Crippen LogP contribution in [0.5, 0.6) is 5.75 Å². The number of fused-ring (bicyclic) bond motifs is 1. The Balaban J connectivity index is 1.21. The Morgan fingerprint density at radius 1 is 1.22 bits per heavy atom. The quantitative estimate of drug-likeness (QED) is 0.456. The van der Waals surface area contributed by atoms with Crippen molar-refractivity contribution >= 4 is 38.8 Å². The van der Waals surface area contributed by atoms with Gasteiger partial charge in [0, 0.05) is 24.0 Å². The number of aromatic nitrogens is 3. The number of ether oxygens (including phenoxy) is 1. The molecule has 2 aliphatic heterocycles. The van der Waals surface area contributed by atoms with Crippen LogP contribution >= 0.6 is 0 Å². The van der Waals surface area contributed by atoms with Gasteiger partial charge in [0.15, 0.2) is 0 Å². The molecule has 4 heterocycles. The fraction of sp³-hybridized carbons (Fsp3) is 0.385. The summed E-state index contributed by atoms with van der Waals surface area (Å²) in [4.78, 5) is 31.1. The van der Waals surface area contributed by atoms with Gasteiger partial charge in [-0.05, 0) is 6.07 Å². The van der Waals surface area contributed by atoms with Crippen molar-refractivity contribution < 1.29 is 13.9 Å². The minimum atomic E-state index is -0.392. The first-order valence-corrected chi connectivity index (χ1v) is 14.2. The number of carbonyl (C=O) groups excluding carboxylic acids is 1. The molecular weight excluding hydrogens is 488 g/mol. The number of pyridine rings is 1. The largest absolute Gasteiger partial charge is 0.00391 e. The number of halogens is 1. The predicted molar refractivity (Wildman–Crippen MR) is 141 cm³/mol. The minimum Gasteiger partial charge on any atom is 0.00391 e. The minimum absolute atomic E-state index is 0.0581. The molecule has 0 unspecified atom stereocenters. The van der Waals surface area contributed by atoms with Crippen molar-refractivity contribution in [1.82, 2.24) is 24.8 Å². The van der Waals surface area contributed by atoms with Crippen LogP contribution in [0.3, 0.4) is 0 Å². The molecule has 3 aromatic rings. The molecule has 1 fully saturated rings. The number of hydrogen-bond acceptors (Lipinski definition) is 8. The zero-order valence-corrected chi connectivity index (χ0v) is 22.4. The third kappa shape index (κ3) is 5.69. The van der Waals surface area contributed by atoms with E-state index in [0.29, 0.717) is 35.5 Å². The Morgan fingerprint density at radius 2 is 2.08 bits per heavy atom. The van der Waals surface area contributed by atoms with Crippen LogP contribution in [0.15, 0.2) is 42.7 Å². The zero-order chi connectivity index (χ0) is 25.9. The van der Waals surface area contributed by atoms with Crippen molar-refractivity contribution in [3.63, 3.8) is 0 Å². The number of piperidine rings is 1. The van der Waals surface area contributed by atoms with Crippen molar-refractivity contribution in [1.29, 1.82) is 0 Å². The van der Waals surface area contributed by atoms with Crippen LogP contribution < -0.4 is 14.4 Å². The van der Waals surface area contributed by atoms with E-state index in [-0.39, 0.29) is 27.4 Å². The maximum atomic E-state index is 13.9. The van der Waals surface area contributed by atoms with Crippen molar-refractivity contribution in [2.75, 3.05) is 23.3 Å². The first-order valence-electron chi connectivity index (χ1n) is 12.5. The van der Waals surface area contributed by atoms with E-state index in [1.165, 1.54) is 19.2 Å². The molecule has 2 aliphatic rings. The number of benzene rings is 1. The van der Waals surface area contributed by atoms with Gasteiger partial charge >= 0.3 is 143 Å². The summed E-state index contributed by atoms with van der Waals surface area (Å²) in [7, 11) is 1.50. The molecule has 0 saturated carbocycles. The number of carbonyl (C=O) groups is 1. The molecule has 2 N–H and O–H groups in total. The van der Waals surface area contributed by atoms with Gasteiger partial charge in [0.2, 0.25) is 5.95 Å². The van der Waals surface area contributed by atoms with Crippen LogP contribution in [-0.2, 0) is 13.1 Å². The van der Waals surface area contributed by atoms with Crippen LogP contribution in [0.2, 0.25) is 5.79 Å². The molecular formula is C26H30AlFN7O2+. The molecule has 190 valence electrons. The topological polar surface area (TPSA) is 95.5 Å². The normalized spacial score (nSPS) is 19.2. The van der Waals surface area contributed by atoms with Gasteiger partial charge in [-0.15, -0.1) is 0 Å². The molecule has 11 heteroatoms. The Labute approximate surface area is 222 Å². The molecule has 0 bridgehead atoms. The average molecular weight is 519 g/mol. The number of hydrogen-bond donors (Lipinski definition) is 2. The standard InChI is InChI=1S/C25H27FN7O2.CH3.Al/c1-15-7-20(4-6-33(15)24(34)16-3-5-28-23(27)8-16)32-13-17-12-29-25(31-22(17)14-32)30-19-9-18(26)10-21(11-19)35-2;;/h3,5,8-12,15,20H,4,6-7,13-14H2,1-2H3,(H2-,27,28,29,30,31);1H3;/q-1;;+2/t15-,20-;;/m1../s1. The molecule has 37 heavy (non-hydrogen) atoms. The van der Waals surface area contributed by atoms with Crippen LogP contribution in [-0.4, -0.2) is 71.8 Å². The van der Waals surface area contributed by atoms with Crippen molar-refractivity contribution in [3.8, 4) is 5.75 Å². The summed E-state index contributed by atoms with van der Waals surface area (Å²) in [5.41, 5.74) is 3.28. The molecule has 0 aliphatic carbocycles. The first-order chi connectivity index (χ1) is 17.9. The van der Waals surface area contributed by atoms with Crippen molar-refractivity contribution in [2.45, 2.75) is 50.7 Å². The number of amides is 1. The van der Waals surface area contributed by atoms with Crippen LogP contribution in [0.25, 0.3) is 0 Å². The predicted octanol–water partition coefficient (Wildman–Crippen LogP) is 3.85. The van der Waals surface area contributed by atoms with E-state index in [1.807, 2.05) is 17.2 Å². The summed E-state index contributed by atoms with van der Waals surface area (Å²) in [6, 6.07) is 8.54. The van der Waals surface area contributed by atoms with Gasteiger partial charge < -0.3 is 10.1 Å². The van der Waals surface area contributed by atoms with Gasteiger partial charge in [0.05, 0.1) is 7.11 Å². The monoisotopic (exact) mass is 518 g/mol. The number of methoxy groups -OCH3 is 1. The van der Waals surface area contributed by atoms with Gasteiger partial charge in [-0.25, -0.2) is 14.4 Å². The Kier molecular flexibility index (Phi) is 7.56. The van der Waals surface area contributed by atoms with Crippen LogP contribution in [0.1, 0.15) is 41.4 Å². The maximum absolute atomic E-state index is 13.9. The third-order valence-corrected chi connectivity index (χ3v) is 7.55. The molecule has 2 atom stereocenters. The summed E-state index contributed by atoms with van der Waals surface area (Å²) in [5, 5.41) is 3.08. The zero-order valence-electron chi connectivity index (χ0n) is 21.2. The van der Waals surface area contributed by atoms with Gasteiger partial charge in [-0.3, -0.25) is 0 Å². The third-order valence-electron chi connectivity index (χ3n) is 6.97. The number of rotatable bonds is 7. The van der Waals surface area contributed by atoms with E-state index in [0.717, 1.165) is 43.0 Å². The van der Waals surface area contributed by atoms with E-state index < -0.39 is 5.82 Å². The second kappa shape index (κ2) is 11.0. The number of likely N-dealkylation sites (tertiary alicyclic amines) is 1. The number of anilines is 3. The Bertz CT molecular complexity index is 1290. The second-order valence-electron chi connectivity index (χ2n) is 9.46. The molecule has 1 amide bonds. The Hall–Kier alpha value is -3.26. The van der Waals surface area contributed by atoms with Gasteiger partial charge in [-0.2, -0.15) is 0 Å². The molecule has 1 aromatic carbocycles. The second-order valence-corrected chi connectivity index (χ2v) is 10.3. The summed E-state index contributed by atoms with van der Waals surface area (Å²) in [6.45, 7) is 4.34. The Morgan fingerprint density at radius 3 is 2.86 bits per heavy atom. The van der Waals surface area contributed by atoms with E-state index in [2.05, 4.69) is 37.2 Å². The average Bonchev–Trinajstić information content (AvgIpc) is 3.32. The van der Waals surface area contributed by atoms with Crippen molar-refractivity contribution in [3.05, 3.63) is 65.4 Å². The van der Waals surface area contributed by atoms with E-state index in [9.17, 15) is 9.18 Å². The summed E-state index contributed by atoms with van der Waals surface area (Å²) < 4.78 is 22.2. The van der Waals surface area contributed by atoms with E-state index in [4.69, 9.17) is 9.72 Å². The molecule has 1 saturated heterocycles.